The Morgan fingerprint density at radius 1 is 1.33 bits per heavy atom. The lowest BCUT2D eigenvalue weighted by molar-refractivity contribution is -0.149. The van der Waals surface area contributed by atoms with E-state index < -0.39 is 29.2 Å². The Kier molecular flexibility index (Phi) is 5.39. The fourth-order valence-corrected chi connectivity index (χ4v) is 3.15. The number of thiocarbonyl (C=S) groups is 1. The summed E-state index contributed by atoms with van der Waals surface area (Å²) in [7, 11) is 2.94. The number of thioether (sulfide) groups is 1. The smallest absolute Gasteiger partial charge is 0.332 e. The molecule has 0 saturated carbocycles. The molecule has 1 fully saturated rings. The van der Waals surface area contributed by atoms with Crippen LogP contribution in [0.25, 0.3) is 11.2 Å². The van der Waals surface area contributed by atoms with Gasteiger partial charge in [0.2, 0.25) is 4.38 Å². The molecule has 2 aromatic heterocycles. The molecule has 0 aromatic carbocycles. The van der Waals surface area contributed by atoms with E-state index in [1.54, 1.807) is 13.8 Å². The summed E-state index contributed by atoms with van der Waals surface area (Å²) >= 11 is 6.39. The Morgan fingerprint density at radius 3 is 2.70 bits per heavy atom. The zero-order chi connectivity index (χ0) is 19.9. The van der Waals surface area contributed by atoms with Gasteiger partial charge in [-0.1, -0.05) is 11.8 Å². The van der Waals surface area contributed by atoms with Crippen LogP contribution in [-0.4, -0.2) is 48.2 Å². The van der Waals surface area contributed by atoms with Gasteiger partial charge in [0, 0.05) is 14.1 Å². The van der Waals surface area contributed by atoms with Gasteiger partial charge in [-0.25, -0.2) is 14.8 Å². The van der Waals surface area contributed by atoms with Crippen LogP contribution in [0.4, 0.5) is 0 Å². The van der Waals surface area contributed by atoms with Crippen molar-refractivity contribution in [3.63, 3.8) is 0 Å². The highest BCUT2D eigenvalue weighted by Gasteiger charge is 2.43. The second kappa shape index (κ2) is 7.30. The van der Waals surface area contributed by atoms with Gasteiger partial charge in [0.15, 0.2) is 17.0 Å². The maximum absolute atomic E-state index is 12.5. The molecule has 3 rings (SSSR count). The molecular weight excluding hydrogens is 392 g/mol. The zero-order valence-corrected chi connectivity index (χ0v) is 17.2. The van der Waals surface area contributed by atoms with Crippen molar-refractivity contribution >= 4 is 39.5 Å². The molecule has 27 heavy (non-hydrogen) atoms. The van der Waals surface area contributed by atoms with Crippen LogP contribution < -0.4 is 11.2 Å². The molecule has 2 atom stereocenters. The van der Waals surface area contributed by atoms with E-state index in [9.17, 15) is 9.59 Å². The van der Waals surface area contributed by atoms with E-state index in [1.807, 2.05) is 6.26 Å². The minimum atomic E-state index is -0.856. The number of hydrogen-bond acceptors (Lipinski definition) is 9. The summed E-state index contributed by atoms with van der Waals surface area (Å²) < 4.78 is 20.0. The van der Waals surface area contributed by atoms with Crippen LogP contribution in [-0.2, 0) is 28.3 Å². The van der Waals surface area contributed by atoms with Crippen LogP contribution in [0.3, 0.4) is 0 Å². The fourth-order valence-electron chi connectivity index (χ4n) is 2.90. The highest BCUT2D eigenvalue weighted by atomic mass is 32.2. The maximum Gasteiger partial charge on any atom is 0.332 e. The van der Waals surface area contributed by atoms with Crippen molar-refractivity contribution in [1.82, 2.24) is 19.1 Å². The molecule has 0 aliphatic carbocycles. The van der Waals surface area contributed by atoms with E-state index >= 15 is 0 Å². The van der Waals surface area contributed by atoms with Crippen LogP contribution >= 0.6 is 24.0 Å². The second-order valence-electron chi connectivity index (χ2n) is 6.53. The van der Waals surface area contributed by atoms with Crippen molar-refractivity contribution in [2.24, 2.45) is 14.1 Å². The molecule has 146 valence electrons. The molecule has 1 aliphatic rings. The molecule has 11 heteroatoms. The minimum absolute atomic E-state index is 0.0877. The maximum atomic E-state index is 12.5. The number of rotatable bonds is 3. The summed E-state index contributed by atoms with van der Waals surface area (Å²) in [5.74, 6) is -0.856. The molecule has 9 nitrogen and oxygen atoms in total. The predicted octanol–water partition coefficient (Wildman–Crippen LogP) is 0.884. The molecule has 0 radical (unpaired) electrons. The average Bonchev–Trinajstić information content (AvgIpc) is 2.96. The zero-order valence-electron chi connectivity index (χ0n) is 15.6. The van der Waals surface area contributed by atoms with Crippen LogP contribution in [0.2, 0.25) is 0 Å². The number of fused-ring (bicyclic) bond motifs is 1. The second-order valence-corrected chi connectivity index (χ2v) is 7.94. The minimum Gasteiger partial charge on any atom is -0.476 e. The van der Waals surface area contributed by atoms with Gasteiger partial charge in [0.1, 0.15) is 18.8 Å². The summed E-state index contributed by atoms with van der Waals surface area (Å²) in [5, 5.41) is 0. The summed E-state index contributed by atoms with van der Waals surface area (Å²) in [6, 6.07) is 0. The van der Waals surface area contributed by atoms with Crippen molar-refractivity contribution < 1.29 is 14.2 Å². The lowest BCUT2D eigenvalue weighted by atomic mass is 10.1. The van der Waals surface area contributed by atoms with Crippen molar-refractivity contribution in [2.45, 2.75) is 31.8 Å². The largest absolute Gasteiger partial charge is 0.476 e. The Labute approximate surface area is 164 Å². The van der Waals surface area contributed by atoms with E-state index in [-0.39, 0.29) is 17.8 Å². The van der Waals surface area contributed by atoms with Gasteiger partial charge < -0.3 is 14.2 Å². The quantitative estimate of drug-likeness (QED) is 0.681. The van der Waals surface area contributed by atoms with Crippen molar-refractivity contribution in [1.29, 1.82) is 0 Å². The molecule has 0 N–H and O–H groups in total. The first-order chi connectivity index (χ1) is 12.6. The number of aromatic nitrogens is 4. The summed E-state index contributed by atoms with van der Waals surface area (Å²) in [4.78, 5) is 33.2. The molecular formula is C16H20N4O5S2. The summed E-state index contributed by atoms with van der Waals surface area (Å²) in [5.41, 5.74) is -0.261. The third-order valence-electron chi connectivity index (χ3n) is 4.18. The first kappa shape index (κ1) is 19.9. The van der Waals surface area contributed by atoms with E-state index in [4.69, 9.17) is 26.4 Å². The number of nitrogens with zero attached hydrogens (tertiary/aromatic N) is 4. The van der Waals surface area contributed by atoms with Crippen LogP contribution in [0.15, 0.2) is 15.8 Å². The molecule has 0 unspecified atom stereocenters. The first-order valence-electron chi connectivity index (χ1n) is 8.13. The molecule has 1 aliphatic heterocycles. The Morgan fingerprint density at radius 2 is 2.04 bits per heavy atom. The van der Waals surface area contributed by atoms with Gasteiger partial charge in [-0.2, -0.15) is 0 Å². The molecule has 2 aromatic rings. The van der Waals surface area contributed by atoms with Gasteiger partial charge in [0.25, 0.3) is 5.56 Å². The van der Waals surface area contributed by atoms with Crippen molar-refractivity contribution in [3.8, 4) is 0 Å². The summed E-state index contributed by atoms with van der Waals surface area (Å²) in [6.07, 6.45) is 2.23. The van der Waals surface area contributed by atoms with Gasteiger partial charge in [0.05, 0.1) is 11.9 Å². The topological polar surface area (TPSA) is 97.5 Å². The first-order valence-corrected chi connectivity index (χ1v) is 9.77. The van der Waals surface area contributed by atoms with Crippen LogP contribution in [0.5, 0.6) is 0 Å². The standard InChI is InChI=1S/C16H20N4O5S2/c1-16(2)24-9(7-23-15(26)27-5)11(25-16)8-6-17-12-10(18-8)13(21)20(4)14(22)19(12)3/h6,9,11H,7H2,1-5H3/t9-,11+/m0/s1. The molecule has 0 amide bonds. The molecule has 0 spiro atoms. The average molecular weight is 412 g/mol. The number of aryl methyl sites for hydroxylation is 1. The van der Waals surface area contributed by atoms with Gasteiger partial charge in [-0.3, -0.25) is 13.9 Å². The van der Waals surface area contributed by atoms with Crippen LogP contribution in [0, 0.1) is 0 Å². The summed E-state index contributed by atoms with van der Waals surface area (Å²) in [6.45, 7) is 3.74. The van der Waals surface area contributed by atoms with E-state index in [0.717, 1.165) is 4.57 Å². The Bertz CT molecular complexity index is 1020. The highest BCUT2D eigenvalue weighted by molar-refractivity contribution is 8.22. The van der Waals surface area contributed by atoms with Crippen molar-refractivity contribution in [2.75, 3.05) is 12.9 Å². The van der Waals surface area contributed by atoms with Crippen molar-refractivity contribution in [3.05, 3.63) is 32.7 Å². The fraction of sp³-hybridized carbons (Fsp3) is 0.562. The van der Waals surface area contributed by atoms with E-state index in [2.05, 4.69) is 9.97 Å². The number of hydrogen-bond donors (Lipinski definition) is 0. The molecule has 3 heterocycles. The monoisotopic (exact) mass is 412 g/mol. The predicted molar refractivity (Wildman–Crippen MR) is 105 cm³/mol. The SMILES string of the molecule is CSC(=S)OC[C@@H]1OC(C)(C)O[C@@H]1c1cnc2c(n1)c(=O)n(C)c(=O)n2C. The Balaban J connectivity index is 2.03. The van der Waals surface area contributed by atoms with Gasteiger partial charge in [-0.05, 0) is 32.3 Å². The lowest BCUT2D eigenvalue weighted by Gasteiger charge is -2.17. The third kappa shape index (κ3) is 3.77. The van der Waals surface area contributed by atoms with Gasteiger partial charge in [-0.15, -0.1) is 0 Å². The Hall–Kier alpha value is -1.82. The van der Waals surface area contributed by atoms with E-state index in [0.29, 0.717) is 10.1 Å². The van der Waals surface area contributed by atoms with E-state index in [1.165, 1.54) is 36.6 Å². The third-order valence-corrected chi connectivity index (χ3v) is 5.25. The normalized spacial score (nSPS) is 21.5. The molecule has 0 bridgehead atoms. The number of ether oxygens (including phenoxy) is 3. The molecule has 1 saturated heterocycles. The van der Waals surface area contributed by atoms with Crippen LogP contribution in [0.1, 0.15) is 25.6 Å². The van der Waals surface area contributed by atoms with Gasteiger partial charge >= 0.3 is 5.69 Å². The highest BCUT2D eigenvalue weighted by Crippen LogP contribution is 2.37. The lowest BCUT2D eigenvalue weighted by Crippen LogP contribution is -2.38.